The van der Waals surface area contributed by atoms with E-state index < -0.39 is 10.0 Å². The number of aromatic nitrogens is 2. The third-order valence-corrected chi connectivity index (χ3v) is 5.90. The smallest absolute Gasteiger partial charge is 0.318 e. The number of nitrogens with zero attached hydrogens (tertiary/aromatic N) is 3. The molecule has 1 aliphatic carbocycles. The van der Waals surface area contributed by atoms with Gasteiger partial charge in [0.2, 0.25) is 0 Å². The van der Waals surface area contributed by atoms with Crippen molar-refractivity contribution < 1.29 is 13.2 Å². The summed E-state index contributed by atoms with van der Waals surface area (Å²) in [5.41, 5.74) is 0.780. The van der Waals surface area contributed by atoms with Crippen molar-refractivity contribution in [1.29, 1.82) is 0 Å². The molecule has 0 radical (unpaired) electrons. The molecule has 1 saturated carbocycles. The molecule has 0 spiro atoms. The lowest BCUT2D eigenvalue weighted by Crippen LogP contribution is -2.27. The van der Waals surface area contributed by atoms with Crippen LogP contribution in [0, 0.1) is 0 Å². The van der Waals surface area contributed by atoms with E-state index in [-0.39, 0.29) is 12.1 Å². The van der Waals surface area contributed by atoms with Gasteiger partial charge in [0.15, 0.2) is 0 Å². The van der Waals surface area contributed by atoms with Crippen LogP contribution in [0.5, 0.6) is 6.01 Å². The lowest BCUT2D eigenvalue weighted by atomic mass is 9.96. The van der Waals surface area contributed by atoms with Gasteiger partial charge in [-0.25, -0.2) is 17.7 Å². The van der Waals surface area contributed by atoms with Crippen molar-refractivity contribution in [2.75, 3.05) is 4.31 Å². The maximum absolute atomic E-state index is 12.6. The summed E-state index contributed by atoms with van der Waals surface area (Å²) < 4.78 is 32.2. The molecular weight excluding hydrogens is 302 g/mol. The van der Waals surface area contributed by atoms with E-state index in [2.05, 4.69) is 9.97 Å². The number of ether oxygens (including phenoxy) is 1. The monoisotopic (exact) mass is 317 g/mol. The normalized spacial score (nSPS) is 19.5. The SMILES string of the molecule is O=S1(=O)c2ccccc2CN1c1ccnc(OC2CCC2)n1. The molecular formula is C15H15N3O3S. The Morgan fingerprint density at radius 1 is 1.18 bits per heavy atom. The highest BCUT2D eigenvalue weighted by atomic mass is 32.2. The molecule has 0 N–H and O–H groups in total. The molecule has 4 rings (SSSR count). The lowest BCUT2D eigenvalue weighted by molar-refractivity contribution is 0.108. The summed E-state index contributed by atoms with van der Waals surface area (Å²) in [6.07, 6.45) is 4.85. The highest BCUT2D eigenvalue weighted by Gasteiger charge is 2.35. The third kappa shape index (κ3) is 2.12. The minimum Gasteiger partial charge on any atom is -0.460 e. The molecule has 7 heteroatoms. The van der Waals surface area contributed by atoms with E-state index in [1.807, 2.05) is 12.1 Å². The fourth-order valence-corrected chi connectivity index (χ4v) is 4.22. The van der Waals surface area contributed by atoms with Crippen LogP contribution in [-0.2, 0) is 16.6 Å². The fraction of sp³-hybridized carbons (Fsp3) is 0.333. The number of benzene rings is 1. The largest absolute Gasteiger partial charge is 0.460 e. The first-order valence-corrected chi connectivity index (χ1v) is 8.69. The van der Waals surface area contributed by atoms with E-state index >= 15 is 0 Å². The molecule has 1 fully saturated rings. The van der Waals surface area contributed by atoms with E-state index in [1.54, 1.807) is 18.2 Å². The van der Waals surface area contributed by atoms with Crippen LogP contribution in [0.3, 0.4) is 0 Å². The summed E-state index contributed by atoms with van der Waals surface area (Å²) in [5.74, 6) is 0.348. The van der Waals surface area contributed by atoms with E-state index in [1.165, 1.54) is 10.5 Å². The van der Waals surface area contributed by atoms with Crippen LogP contribution in [0.2, 0.25) is 0 Å². The Balaban J connectivity index is 1.67. The molecule has 0 atom stereocenters. The summed E-state index contributed by atoms with van der Waals surface area (Å²) >= 11 is 0. The molecule has 1 aliphatic heterocycles. The number of fused-ring (bicyclic) bond motifs is 1. The second-order valence-electron chi connectivity index (χ2n) is 5.49. The highest BCUT2D eigenvalue weighted by molar-refractivity contribution is 7.93. The van der Waals surface area contributed by atoms with Crippen LogP contribution >= 0.6 is 0 Å². The molecule has 0 unspecified atom stereocenters. The molecule has 0 amide bonds. The number of hydrogen-bond acceptors (Lipinski definition) is 5. The Kier molecular flexibility index (Phi) is 3.04. The van der Waals surface area contributed by atoms with Crippen molar-refractivity contribution in [3.05, 3.63) is 42.1 Å². The zero-order valence-corrected chi connectivity index (χ0v) is 12.7. The van der Waals surface area contributed by atoms with Crippen LogP contribution in [0.15, 0.2) is 41.4 Å². The van der Waals surface area contributed by atoms with Gasteiger partial charge in [-0.2, -0.15) is 4.98 Å². The Hall–Kier alpha value is -2.15. The highest BCUT2D eigenvalue weighted by Crippen LogP contribution is 2.34. The van der Waals surface area contributed by atoms with Gasteiger partial charge >= 0.3 is 6.01 Å². The molecule has 2 aromatic rings. The molecule has 114 valence electrons. The van der Waals surface area contributed by atoms with Crippen molar-refractivity contribution >= 4 is 15.8 Å². The van der Waals surface area contributed by atoms with Gasteiger partial charge in [-0.15, -0.1) is 0 Å². The van der Waals surface area contributed by atoms with Gasteiger partial charge < -0.3 is 4.74 Å². The maximum Gasteiger partial charge on any atom is 0.318 e. The zero-order valence-electron chi connectivity index (χ0n) is 11.8. The molecule has 22 heavy (non-hydrogen) atoms. The van der Waals surface area contributed by atoms with Gasteiger partial charge in [-0.1, -0.05) is 18.2 Å². The lowest BCUT2D eigenvalue weighted by Gasteiger charge is -2.25. The summed E-state index contributed by atoms with van der Waals surface area (Å²) in [6.45, 7) is 0.290. The van der Waals surface area contributed by atoms with Crippen molar-refractivity contribution in [2.45, 2.75) is 36.8 Å². The molecule has 6 nitrogen and oxygen atoms in total. The van der Waals surface area contributed by atoms with Gasteiger partial charge in [-0.3, -0.25) is 0 Å². The summed E-state index contributed by atoms with van der Waals surface area (Å²) in [5, 5.41) is 0. The Bertz CT molecular complexity index is 818. The van der Waals surface area contributed by atoms with E-state index in [9.17, 15) is 8.42 Å². The van der Waals surface area contributed by atoms with Crippen molar-refractivity contribution in [3.8, 4) is 6.01 Å². The van der Waals surface area contributed by atoms with Gasteiger partial charge in [0.05, 0.1) is 11.4 Å². The number of anilines is 1. The summed E-state index contributed by atoms with van der Waals surface area (Å²) in [7, 11) is -3.55. The van der Waals surface area contributed by atoms with Crippen LogP contribution < -0.4 is 9.04 Å². The van der Waals surface area contributed by atoms with E-state index in [4.69, 9.17) is 4.74 Å². The average molecular weight is 317 g/mol. The molecule has 0 saturated heterocycles. The first-order chi connectivity index (χ1) is 10.6. The molecule has 1 aromatic heterocycles. The standard InChI is InChI=1S/C15H15N3O3S/c19-22(20)13-7-2-1-4-11(13)10-18(22)14-8-9-16-15(17-14)21-12-5-3-6-12/h1-2,4,7-9,12H,3,5-6,10H2. The van der Waals surface area contributed by atoms with Crippen LogP contribution in [0.1, 0.15) is 24.8 Å². The van der Waals surface area contributed by atoms with E-state index in [0.717, 1.165) is 24.8 Å². The zero-order chi connectivity index (χ0) is 15.2. The average Bonchev–Trinajstić information content (AvgIpc) is 2.75. The van der Waals surface area contributed by atoms with Crippen LogP contribution in [-0.4, -0.2) is 24.5 Å². The first kappa shape index (κ1) is 13.5. The second kappa shape index (κ2) is 4.95. The summed E-state index contributed by atoms with van der Waals surface area (Å²) in [6, 6.07) is 8.84. The Morgan fingerprint density at radius 2 is 2.00 bits per heavy atom. The quantitative estimate of drug-likeness (QED) is 0.867. The van der Waals surface area contributed by atoms with Gasteiger partial charge in [-0.05, 0) is 30.9 Å². The van der Waals surface area contributed by atoms with Gasteiger partial charge in [0, 0.05) is 12.3 Å². The molecule has 2 heterocycles. The van der Waals surface area contributed by atoms with Gasteiger partial charge in [0.1, 0.15) is 11.9 Å². The predicted octanol–water partition coefficient (Wildman–Crippen LogP) is 2.12. The Labute approximate surface area is 128 Å². The maximum atomic E-state index is 12.6. The third-order valence-electron chi connectivity index (χ3n) is 4.05. The summed E-state index contributed by atoms with van der Waals surface area (Å²) in [4.78, 5) is 8.69. The predicted molar refractivity (Wildman–Crippen MR) is 80.1 cm³/mol. The van der Waals surface area contributed by atoms with Crippen molar-refractivity contribution in [1.82, 2.24) is 9.97 Å². The minimum absolute atomic E-state index is 0.155. The fourth-order valence-electron chi connectivity index (χ4n) is 2.61. The molecule has 0 bridgehead atoms. The second-order valence-corrected chi connectivity index (χ2v) is 7.32. The van der Waals surface area contributed by atoms with Crippen molar-refractivity contribution in [2.24, 2.45) is 0 Å². The first-order valence-electron chi connectivity index (χ1n) is 7.25. The Morgan fingerprint density at radius 3 is 2.73 bits per heavy atom. The number of sulfonamides is 1. The van der Waals surface area contributed by atoms with E-state index in [0.29, 0.717) is 17.3 Å². The molecule has 1 aromatic carbocycles. The topological polar surface area (TPSA) is 72.4 Å². The number of hydrogen-bond donors (Lipinski definition) is 0. The molecule has 2 aliphatic rings. The van der Waals surface area contributed by atoms with Crippen LogP contribution in [0.25, 0.3) is 0 Å². The number of rotatable bonds is 3. The van der Waals surface area contributed by atoms with Crippen LogP contribution in [0.4, 0.5) is 5.82 Å². The van der Waals surface area contributed by atoms with Crippen molar-refractivity contribution in [3.63, 3.8) is 0 Å². The minimum atomic E-state index is -3.55. The van der Waals surface area contributed by atoms with Gasteiger partial charge in [0.25, 0.3) is 10.0 Å².